The number of carbonyl (C=O) groups is 2. The predicted molar refractivity (Wildman–Crippen MR) is 111 cm³/mol. The number of amides is 2. The largest absolute Gasteiger partial charge is 0.379 e. The Hall–Kier alpha value is -1.97. The van der Waals surface area contributed by atoms with E-state index in [1.165, 1.54) is 4.31 Å². The molecule has 1 aliphatic rings. The lowest BCUT2D eigenvalue weighted by atomic mass is 10.0. The normalized spacial score (nSPS) is 16.4. The first-order valence-corrected chi connectivity index (χ1v) is 11.5. The Labute approximate surface area is 173 Å². The zero-order valence-electron chi connectivity index (χ0n) is 17.3. The van der Waals surface area contributed by atoms with E-state index in [-0.39, 0.29) is 30.0 Å². The monoisotopic (exact) mass is 425 g/mol. The number of carbonyl (C=O) groups excluding carboxylic acids is 2. The number of hydrogen-bond donors (Lipinski definition) is 2. The van der Waals surface area contributed by atoms with Crippen molar-refractivity contribution in [3.63, 3.8) is 0 Å². The Morgan fingerprint density at radius 1 is 1.17 bits per heavy atom. The minimum Gasteiger partial charge on any atom is -0.379 e. The molecule has 1 aromatic rings. The summed E-state index contributed by atoms with van der Waals surface area (Å²) < 4.78 is 31.3. The van der Waals surface area contributed by atoms with Gasteiger partial charge in [0.15, 0.2) is 0 Å². The molecule has 2 rings (SSSR count). The molecule has 0 radical (unpaired) electrons. The van der Waals surface area contributed by atoms with Crippen LogP contribution in [0.15, 0.2) is 24.3 Å². The van der Waals surface area contributed by atoms with Crippen molar-refractivity contribution in [2.75, 3.05) is 38.6 Å². The summed E-state index contributed by atoms with van der Waals surface area (Å²) in [6.45, 7) is 7.18. The molecule has 1 atom stereocenters. The van der Waals surface area contributed by atoms with E-state index in [0.717, 1.165) is 5.56 Å². The summed E-state index contributed by atoms with van der Waals surface area (Å²) in [5, 5.41) is 5.45. The molecule has 0 saturated carbocycles. The van der Waals surface area contributed by atoms with E-state index < -0.39 is 16.1 Å². The van der Waals surface area contributed by atoms with E-state index in [9.17, 15) is 18.0 Å². The Kier molecular flexibility index (Phi) is 8.60. The summed E-state index contributed by atoms with van der Waals surface area (Å²) in [5.74, 6) is -0.693. The van der Waals surface area contributed by atoms with Gasteiger partial charge >= 0.3 is 0 Å². The highest BCUT2D eigenvalue weighted by molar-refractivity contribution is 7.89. The van der Waals surface area contributed by atoms with E-state index in [4.69, 9.17) is 4.74 Å². The van der Waals surface area contributed by atoms with Gasteiger partial charge in [-0.25, -0.2) is 8.42 Å². The summed E-state index contributed by atoms with van der Waals surface area (Å²) in [5.41, 5.74) is 1.34. The van der Waals surface area contributed by atoms with Crippen LogP contribution in [0.3, 0.4) is 0 Å². The standard InChI is InChI=1S/C20H31N3O5S/c1-15(2)14-18(22-19(24)17-7-5-4-6-16(17)3)20(25)21-8-13-29(26,27)23-9-11-28-12-10-23/h4-7,15,18H,8-14H2,1-3H3,(H,21,25)(H,22,24). The Morgan fingerprint density at radius 2 is 1.83 bits per heavy atom. The topological polar surface area (TPSA) is 105 Å². The van der Waals surface area contributed by atoms with E-state index in [0.29, 0.717) is 38.3 Å². The number of hydrogen-bond acceptors (Lipinski definition) is 5. The summed E-state index contributed by atoms with van der Waals surface area (Å²) >= 11 is 0. The van der Waals surface area contributed by atoms with Gasteiger partial charge in [0, 0.05) is 25.2 Å². The van der Waals surface area contributed by atoms with E-state index in [1.807, 2.05) is 32.9 Å². The lowest BCUT2D eigenvalue weighted by Crippen LogP contribution is -2.49. The van der Waals surface area contributed by atoms with Crippen LogP contribution in [0.1, 0.15) is 36.2 Å². The van der Waals surface area contributed by atoms with Crippen LogP contribution in [-0.2, 0) is 19.6 Å². The van der Waals surface area contributed by atoms with Crippen molar-refractivity contribution in [3.05, 3.63) is 35.4 Å². The molecular formula is C20H31N3O5S. The summed E-state index contributed by atoms with van der Waals surface area (Å²) in [6, 6.07) is 6.44. The van der Waals surface area contributed by atoms with Crippen LogP contribution in [0.2, 0.25) is 0 Å². The molecule has 1 heterocycles. The smallest absolute Gasteiger partial charge is 0.252 e. The SMILES string of the molecule is Cc1ccccc1C(=O)NC(CC(C)C)C(=O)NCCS(=O)(=O)N1CCOCC1. The number of morpholine rings is 1. The Bertz CT molecular complexity index is 804. The molecule has 8 nitrogen and oxygen atoms in total. The summed E-state index contributed by atoms with van der Waals surface area (Å²) in [4.78, 5) is 25.2. The van der Waals surface area contributed by atoms with Gasteiger partial charge in [0.05, 0.1) is 19.0 Å². The molecule has 2 amide bonds. The Morgan fingerprint density at radius 3 is 2.45 bits per heavy atom. The van der Waals surface area contributed by atoms with Crippen LogP contribution in [0.25, 0.3) is 0 Å². The van der Waals surface area contributed by atoms with Gasteiger partial charge in [-0.3, -0.25) is 9.59 Å². The molecule has 9 heteroatoms. The average Bonchev–Trinajstić information content (AvgIpc) is 2.68. The number of ether oxygens (including phenoxy) is 1. The number of nitrogens with zero attached hydrogens (tertiary/aromatic N) is 1. The molecule has 162 valence electrons. The molecule has 1 aliphatic heterocycles. The second kappa shape index (κ2) is 10.7. The highest BCUT2D eigenvalue weighted by Crippen LogP contribution is 2.10. The molecule has 29 heavy (non-hydrogen) atoms. The van der Waals surface area contributed by atoms with Gasteiger partial charge in [-0.15, -0.1) is 0 Å². The molecule has 0 spiro atoms. The van der Waals surface area contributed by atoms with Crippen molar-refractivity contribution in [3.8, 4) is 0 Å². The fraction of sp³-hybridized carbons (Fsp3) is 0.600. The fourth-order valence-corrected chi connectivity index (χ4v) is 4.47. The van der Waals surface area contributed by atoms with Crippen LogP contribution < -0.4 is 10.6 Å². The third-order valence-corrected chi connectivity index (χ3v) is 6.61. The number of benzene rings is 1. The number of nitrogens with one attached hydrogen (secondary N) is 2. The van der Waals surface area contributed by atoms with Gasteiger partial charge in [0.25, 0.3) is 5.91 Å². The second-order valence-corrected chi connectivity index (χ2v) is 9.68. The van der Waals surface area contributed by atoms with Crippen LogP contribution in [0.4, 0.5) is 0 Å². The summed E-state index contributed by atoms with van der Waals surface area (Å²) in [7, 11) is -3.45. The van der Waals surface area contributed by atoms with Crippen molar-refractivity contribution in [2.24, 2.45) is 5.92 Å². The third kappa shape index (κ3) is 7.09. The van der Waals surface area contributed by atoms with Crippen LogP contribution in [0.5, 0.6) is 0 Å². The highest BCUT2D eigenvalue weighted by atomic mass is 32.2. The van der Waals surface area contributed by atoms with Crippen LogP contribution in [0, 0.1) is 12.8 Å². The molecule has 0 bridgehead atoms. The summed E-state index contributed by atoms with van der Waals surface area (Å²) in [6.07, 6.45) is 0.458. The minimum absolute atomic E-state index is 0.00659. The lowest BCUT2D eigenvalue weighted by molar-refractivity contribution is -0.123. The van der Waals surface area contributed by atoms with E-state index >= 15 is 0 Å². The van der Waals surface area contributed by atoms with Gasteiger partial charge in [0.2, 0.25) is 15.9 Å². The number of sulfonamides is 1. The van der Waals surface area contributed by atoms with Crippen molar-refractivity contribution >= 4 is 21.8 Å². The molecule has 1 aromatic carbocycles. The van der Waals surface area contributed by atoms with Gasteiger partial charge < -0.3 is 15.4 Å². The van der Waals surface area contributed by atoms with Crippen molar-refractivity contribution in [2.45, 2.75) is 33.2 Å². The third-order valence-electron chi connectivity index (χ3n) is 4.74. The maximum atomic E-state index is 12.6. The second-order valence-electron chi connectivity index (χ2n) is 7.59. The molecule has 1 fully saturated rings. The predicted octanol–water partition coefficient (Wildman–Crippen LogP) is 0.918. The number of rotatable bonds is 9. The molecule has 1 unspecified atom stereocenters. The van der Waals surface area contributed by atoms with Crippen LogP contribution in [-0.4, -0.2) is 69.2 Å². The van der Waals surface area contributed by atoms with E-state index in [2.05, 4.69) is 10.6 Å². The van der Waals surface area contributed by atoms with Gasteiger partial charge in [0.1, 0.15) is 6.04 Å². The Balaban J connectivity index is 1.94. The van der Waals surface area contributed by atoms with E-state index in [1.54, 1.807) is 12.1 Å². The van der Waals surface area contributed by atoms with Gasteiger partial charge in [-0.1, -0.05) is 32.0 Å². The van der Waals surface area contributed by atoms with Gasteiger partial charge in [-0.2, -0.15) is 4.31 Å². The van der Waals surface area contributed by atoms with Crippen molar-refractivity contribution in [1.82, 2.24) is 14.9 Å². The van der Waals surface area contributed by atoms with Gasteiger partial charge in [-0.05, 0) is 30.9 Å². The van der Waals surface area contributed by atoms with Crippen molar-refractivity contribution < 1.29 is 22.7 Å². The lowest BCUT2D eigenvalue weighted by Gasteiger charge is -2.26. The minimum atomic E-state index is -3.45. The first-order chi connectivity index (χ1) is 13.7. The fourth-order valence-electron chi connectivity index (χ4n) is 3.15. The van der Waals surface area contributed by atoms with Crippen molar-refractivity contribution in [1.29, 1.82) is 0 Å². The van der Waals surface area contributed by atoms with Crippen LogP contribution >= 0.6 is 0 Å². The first-order valence-electron chi connectivity index (χ1n) is 9.90. The molecular weight excluding hydrogens is 394 g/mol. The molecule has 1 saturated heterocycles. The molecule has 0 aliphatic carbocycles. The quantitative estimate of drug-likeness (QED) is 0.612. The zero-order valence-corrected chi connectivity index (χ0v) is 18.1. The molecule has 0 aromatic heterocycles. The highest BCUT2D eigenvalue weighted by Gasteiger charge is 2.26. The molecule has 2 N–H and O–H groups in total. The number of aryl methyl sites for hydroxylation is 1. The maximum absolute atomic E-state index is 12.6. The zero-order chi connectivity index (χ0) is 21.4. The first kappa shape index (κ1) is 23.3. The average molecular weight is 426 g/mol. The maximum Gasteiger partial charge on any atom is 0.252 e.